The van der Waals surface area contributed by atoms with Crippen LogP contribution in [0.5, 0.6) is 0 Å². The highest BCUT2D eigenvalue weighted by molar-refractivity contribution is 7.71. The lowest BCUT2D eigenvalue weighted by atomic mass is 9.99. The molecule has 0 saturated carbocycles. The fraction of sp³-hybridized carbons (Fsp3) is 0.286. The normalized spacial score (nSPS) is 17.2. The second kappa shape index (κ2) is 7.12. The summed E-state index contributed by atoms with van der Waals surface area (Å²) in [6.07, 6.45) is 2.22. The number of carbonyl (C=O) groups is 1. The number of likely N-dealkylation sites (tertiary alicyclic amines) is 1. The Balaban J connectivity index is 1.69. The lowest BCUT2D eigenvalue weighted by Gasteiger charge is -2.31. The first-order chi connectivity index (χ1) is 13.0. The molecular formula is C21H21N3O2S. The molecule has 2 aromatic carbocycles. The Labute approximate surface area is 162 Å². The van der Waals surface area contributed by atoms with Crippen LogP contribution in [0.1, 0.15) is 30.1 Å². The number of rotatable bonds is 2. The Morgan fingerprint density at radius 1 is 1.15 bits per heavy atom. The third kappa shape index (κ3) is 3.32. The van der Waals surface area contributed by atoms with Crippen molar-refractivity contribution in [3.05, 3.63) is 69.2 Å². The van der Waals surface area contributed by atoms with Crippen LogP contribution in [0.25, 0.3) is 16.6 Å². The van der Waals surface area contributed by atoms with Gasteiger partial charge in [0, 0.05) is 18.7 Å². The summed E-state index contributed by atoms with van der Waals surface area (Å²) < 4.78 is 1.80. The first-order valence-corrected chi connectivity index (χ1v) is 9.59. The molecule has 4 rings (SSSR count). The SMILES string of the molecule is C[C@H]1CCCN(C(=O)c2ccc(-n3c(=S)[nH]c4ccccc4c3=O)cc2)C1. The van der Waals surface area contributed by atoms with Gasteiger partial charge in [0.1, 0.15) is 0 Å². The van der Waals surface area contributed by atoms with Crippen LogP contribution in [-0.2, 0) is 0 Å². The van der Waals surface area contributed by atoms with Crippen LogP contribution in [0.2, 0.25) is 0 Å². The van der Waals surface area contributed by atoms with Gasteiger partial charge in [0.2, 0.25) is 0 Å². The van der Waals surface area contributed by atoms with E-state index in [-0.39, 0.29) is 11.5 Å². The molecule has 6 heteroatoms. The maximum absolute atomic E-state index is 12.9. The number of carbonyl (C=O) groups excluding carboxylic acids is 1. The van der Waals surface area contributed by atoms with Gasteiger partial charge < -0.3 is 9.88 Å². The van der Waals surface area contributed by atoms with Crippen molar-refractivity contribution in [2.24, 2.45) is 5.92 Å². The number of H-pyrrole nitrogens is 1. The minimum absolute atomic E-state index is 0.0455. The molecule has 0 radical (unpaired) electrons. The molecule has 1 amide bonds. The van der Waals surface area contributed by atoms with Gasteiger partial charge in [0.25, 0.3) is 11.5 Å². The average molecular weight is 379 g/mol. The fourth-order valence-electron chi connectivity index (χ4n) is 3.71. The molecule has 1 aromatic heterocycles. The quantitative estimate of drug-likeness (QED) is 0.687. The van der Waals surface area contributed by atoms with E-state index in [1.165, 1.54) is 11.0 Å². The molecule has 1 aliphatic heterocycles. The largest absolute Gasteiger partial charge is 0.338 e. The first-order valence-electron chi connectivity index (χ1n) is 9.18. The van der Waals surface area contributed by atoms with Crippen LogP contribution >= 0.6 is 12.2 Å². The smallest absolute Gasteiger partial charge is 0.266 e. The number of nitrogens with zero attached hydrogens (tertiary/aromatic N) is 2. The van der Waals surface area contributed by atoms with Crippen molar-refractivity contribution in [2.45, 2.75) is 19.8 Å². The molecule has 0 bridgehead atoms. The van der Waals surface area contributed by atoms with Crippen LogP contribution in [0.15, 0.2) is 53.3 Å². The number of nitrogens with one attached hydrogen (secondary N) is 1. The van der Waals surface area contributed by atoms with E-state index in [4.69, 9.17) is 12.2 Å². The fourth-order valence-corrected chi connectivity index (χ4v) is 4.00. The molecule has 1 aliphatic rings. The molecule has 2 heterocycles. The topological polar surface area (TPSA) is 58.1 Å². The van der Waals surface area contributed by atoms with Crippen molar-refractivity contribution in [3.63, 3.8) is 0 Å². The van der Waals surface area contributed by atoms with Crippen molar-refractivity contribution in [1.29, 1.82) is 0 Å². The maximum atomic E-state index is 12.9. The Bertz CT molecular complexity index is 1110. The van der Waals surface area contributed by atoms with Gasteiger partial charge in [-0.25, -0.2) is 0 Å². The van der Waals surface area contributed by atoms with Crippen LogP contribution in [-0.4, -0.2) is 33.4 Å². The first kappa shape index (κ1) is 17.7. The molecule has 0 aliphatic carbocycles. The third-order valence-electron chi connectivity index (χ3n) is 5.12. The number of amides is 1. The number of piperidine rings is 1. The minimum Gasteiger partial charge on any atom is -0.338 e. The molecule has 0 spiro atoms. The van der Waals surface area contributed by atoms with E-state index in [2.05, 4.69) is 11.9 Å². The molecule has 5 nitrogen and oxygen atoms in total. The lowest BCUT2D eigenvalue weighted by molar-refractivity contribution is 0.0683. The highest BCUT2D eigenvalue weighted by Gasteiger charge is 2.22. The van der Waals surface area contributed by atoms with Crippen LogP contribution in [0.4, 0.5) is 0 Å². The average Bonchev–Trinajstić information content (AvgIpc) is 2.68. The standard InChI is InChI=1S/C21H21N3O2S/c1-14-5-4-12-23(13-14)19(25)15-8-10-16(11-9-15)24-20(26)17-6-2-3-7-18(17)22-21(24)27/h2-3,6-11,14H,4-5,12-13H2,1H3,(H,22,27)/t14-/m0/s1. The van der Waals surface area contributed by atoms with Crippen LogP contribution in [0, 0.1) is 10.7 Å². The van der Waals surface area contributed by atoms with Crippen LogP contribution < -0.4 is 5.56 Å². The van der Waals surface area contributed by atoms with Crippen molar-refractivity contribution < 1.29 is 4.79 Å². The zero-order valence-electron chi connectivity index (χ0n) is 15.1. The highest BCUT2D eigenvalue weighted by Crippen LogP contribution is 2.19. The molecule has 3 aromatic rings. The van der Waals surface area contributed by atoms with Gasteiger partial charge in [0.15, 0.2) is 4.77 Å². The van der Waals surface area contributed by atoms with E-state index in [9.17, 15) is 9.59 Å². The van der Waals surface area contributed by atoms with Crippen molar-refractivity contribution in [2.75, 3.05) is 13.1 Å². The van der Waals surface area contributed by atoms with Crippen LogP contribution in [0.3, 0.4) is 0 Å². The summed E-state index contributed by atoms with van der Waals surface area (Å²) >= 11 is 5.38. The van der Waals surface area contributed by atoms with Gasteiger partial charge in [-0.3, -0.25) is 14.2 Å². The summed E-state index contributed by atoms with van der Waals surface area (Å²) in [6, 6.07) is 14.4. The number of benzene rings is 2. The van der Waals surface area contributed by atoms with Crippen molar-refractivity contribution in [1.82, 2.24) is 14.5 Å². The number of para-hydroxylation sites is 1. The van der Waals surface area contributed by atoms with Crippen molar-refractivity contribution in [3.8, 4) is 5.69 Å². The molecule has 27 heavy (non-hydrogen) atoms. The summed E-state index contributed by atoms with van der Waals surface area (Å²) in [7, 11) is 0. The monoisotopic (exact) mass is 379 g/mol. The molecule has 1 N–H and O–H groups in total. The third-order valence-corrected chi connectivity index (χ3v) is 5.41. The summed E-state index contributed by atoms with van der Waals surface area (Å²) in [6.45, 7) is 3.78. The molecule has 1 atom stereocenters. The van der Waals surface area contributed by atoms with Crippen molar-refractivity contribution >= 4 is 29.0 Å². The van der Waals surface area contributed by atoms with Gasteiger partial charge in [-0.2, -0.15) is 0 Å². The van der Waals surface area contributed by atoms with Gasteiger partial charge in [0.05, 0.1) is 16.6 Å². The zero-order valence-corrected chi connectivity index (χ0v) is 16.0. The number of fused-ring (bicyclic) bond motifs is 1. The predicted octanol–water partition coefficient (Wildman–Crippen LogP) is 3.92. The number of aromatic nitrogens is 2. The van der Waals surface area contributed by atoms with Gasteiger partial charge >= 0.3 is 0 Å². The van der Waals surface area contributed by atoms with Gasteiger partial charge in [-0.05, 0) is 67.4 Å². The van der Waals surface area contributed by atoms with Gasteiger partial charge in [-0.1, -0.05) is 19.1 Å². The predicted molar refractivity (Wildman–Crippen MR) is 109 cm³/mol. The highest BCUT2D eigenvalue weighted by atomic mass is 32.1. The van der Waals surface area contributed by atoms with E-state index < -0.39 is 0 Å². The molecule has 1 fully saturated rings. The molecular weight excluding hydrogens is 358 g/mol. The molecule has 138 valence electrons. The van der Waals surface area contributed by atoms with E-state index >= 15 is 0 Å². The van der Waals surface area contributed by atoms with Gasteiger partial charge in [-0.15, -0.1) is 0 Å². The van der Waals surface area contributed by atoms with E-state index in [0.29, 0.717) is 27.3 Å². The minimum atomic E-state index is -0.168. The maximum Gasteiger partial charge on any atom is 0.266 e. The lowest BCUT2D eigenvalue weighted by Crippen LogP contribution is -2.39. The Morgan fingerprint density at radius 2 is 1.89 bits per heavy atom. The Hall–Kier alpha value is -2.73. The van der Waals surface area contributed by atoms with E-state index in [1.807, 2.05) is 23.1 Å². The second-order valence-electron chi connectivity index (χ2n) is 7.16. The number of aromatic amines is 1. The Kier molecular flexibility index (Phi) is 4.66. The van der Waals surface area contributed by atoms with E-state index in [1.54, 1.807) is 30.3 Å². The zero-order chi connectivity index (χ0) is 19.0. The summed E-state index contributed by atoms with van der Waals surface area (Å²) in [5, 5.41) is 0.577. The second-order valence-corrected chi connectivity index (χ2v) is 7.55. The summed E-state index contributed by atoms with van der Waals surface area (Å²) in [5.74, 6) is 0.584. The number of hydrogen-bond donors (Lipinski definition) is 1. The molecule has 1 saturated heterocycles. The summed E-state index contributed by atoms with van der Waals surface area (Å²) in [4.78, 5) is 30.6. The Morgan fingerprint density at radius 3 is 2.63 bits per heavy atom. The molecule has 0 unspecified atom stereocenters. The summed E-state index contributed by atoms with van der Waals surface area (Å²) in [5.41, 5.74) is 1.83. The van der Waals surface area contributed by atoms with E-state index in [0.717, 1.165) is 25.0 Å². The number of hydrogen-bond acceptors (Lipinski definition) is 3.